The Balaban J connectivity index is 1.19. The van der Waals surface area contributed by atoms with Crippen molar-refractivity contribution in [2.75, 3.05) is 26.2 Å². The van der Waals surface area contributed by atoms with E-state index in [0.717, 1.165) is 29.9 Å². The fraction of sp³-hybridized carbons (Fsp3) is 0.680. The van der Waals surface area contributed by atoms with E-state index in [1.54, 1.807) is 4.90 Å². The van der Waals surface area contributed by atoms with Gasteiger partial charge in [-0.25, -0.2) is 0 Å². The molecule has 0 aromatic heterocycles. The fourth-order valence-electron chi connectivity index (χ4n) is 7.29. The van der Waals surface area contributed by atoms with Crippen molar-refractivity contribution in [2.24, 2.45) is 23.2 Å². The van der Waals surface area contributed by atoms with Crippen LogP contribution in [-0.4, -0.2) is 47.8 Å². The van der Waals surface area contributed by atoms with Crippen LogP contribution in [0.15, 0.2) is 24.3 Å². The molecule has 4 aliphatic carbocycles. The summed E-state index contributed by atoms with van der Waals surface area (Å²) >= 11 is 0. The highest BCUT2D eigenvalue weighted by Gasteiger charge is 2.51. The van der Waals surface area contributed by atoms with Gasteiger partial charge in [0.15, 0.2) is 0 Å². The second-order valence-corrected chi connectivity index (χ2v) is 10.7. The van der Waals surface area contributed by atoms with E-state index < -0.39 is 11.7 Å². The zero-order valence-electron chi connectivity index (χ0n) is 18.4. The highest BCUT2D eigenvalue weighted by atomic mass is 19.4. The van der Waals surface area contributed by atoms with Gasteiger partial charge in [-0.2, -0.15) is 13.2 Å². The minimum Gasteiger partial charge on any atom is -0.341 e. The number of rotatable bonds is 3. The first-order valence-electron chi connectivity index (χ1n) is 12.0. The van der Waals surface area contributed by atoms with Gasteiger partial charge >= 0.3 is 6.18 Å². The van der Waals surface area contributed by atoms with Gasteiger partial charge in [0.05, 0.1) is 5.56 Å². The van der Waals surface area contributed by atoms with Crippen molar-refractivity contribution in [1.29, 1.82) is 0 Å². The molecular formula is C25H31F3N2O2. The maximum atomic E-state index is 13.2. The predicted molar refractivity (Wildman–Crippen MR) is 114 cm³/mol. The van der Waals surface area contributed by atoms with Crippen molar-refractivity contribution in [2.45, 2.75) is 57.5 Å². The van der Waals surface area contributed by atoms with Gasteiger partial charge < -0.3 is 9.80 Å². The lowest BCUT2D eigenvalue weighted by Crippen LogP contribution is -2.48. The maximum absolute atomic E-state index is 13.2. The van der Waals surface area contributed by atoms with Crippen molar-refractivity contribution < 1.29 is 22.8 Å². The number of halogens is 3. The van der Waals surface area contributed by atoms with Crippen LogP contribution in [0.3, 0.4) is 0 Å². The molecule has 1 heterocycles. The lowest BCUT2D eigenvalue weighted by Gasteiger charge is -2.57. The minimum atomic E-state index is -4.41. The van der Waals surface area contributed by atoms with Crippen LogP contribution in [0.2, 0.25) is 0 Å². The molecular weight excluding hydrogens is 417 g/mol. The summed E-state index contributed by atoms with van der Waals surface area (Å²) in [7, 11) is 0. The molecule has 0 unspecified atom stereocenters. The Kier molecular flexibility index (Phi) is 5.49. The van der Waals surface area contributed by atoms with E-state index in [1.807, 2.05) is 4.90 Å². The highest BCUT2D eigenvalue weighted by Crippen LogP contribution is 2.61. The van der Waals surface area contributed by atoms with Crippen molar-refractivity contribution in [3.63, 3.8) is 0 Å². The number of benzene rings is 1. The molecule has 0 spiro atoms. The first kappa shape index (κ1) is 21.8. The number of carbonyl (C=O) groups is 2. The van der Waals surface area contributed by atoms with E-state index in [9.17, 15) is 22.8 Å². The average Bonchev–Trinajstić information content (AvgIpc) is 2.98. The molecule has 6 rings (SSSR count). The van der Waals surface area contributed by atoms with Crippen molar-refractivity contribution in [1.82, 2.24) is 9.80 Å². The number of carbonyl (C=O) groups excluding carboxylic acids is 2. The first-order valence-corrected chi connectivity index (χ1v) is 12.0. The Morgan fingerprint density at radius 2 is 1.38 bits per heavy atom. The Bertz CT molecular complexity index is 845. The Morgan fingerprint density at radius 1 is 0.844 bits per heavy atom. The highest BCUT2D eigenvalue weighted by molar-refractivity contribution is 5.94. The van der Waals surface area contributed by atoms with Crippen LogP contribution in [0, 0.1) is 23.2 Å². The summed E-state index contributed by atoms with van der Waals surface area (Å²) in [6.07, 6.45) is 4.62. The topological polar surface area (TPSA) is 40.6 Å². The van der Waals surface area contributed by atoms with Crippen LogP contribution in [0.4, 0.5) is 13.2 Å². The number of hydrogen-bond donors (Lipinski definition) is 0. The summed E-state index contributed by atoms with van der Waals surface area (Å²) < 4.78 is 38.4. The molecule has 174 valence electrons. The second kappa shape index (κ2) is 8.07. The molecule has 1 aliphatic heterocycles. The summed E-state index contributed by atoms with van der Waals surface area (Å²) in [5.74, 6) is 2.39. The van der Waals surface area contributed by atoms with Gasteiger partial charge in [0.2, 0.25) is 5.91 Å². The average molecular weight is 449 g/mol. The molecule has 5 aliphatic rings. The molecule has 4 nitrogen and oxygen atoms in total. The van der Waals surface area contributed by atoms with E-state index in [2.05, 4.69) is 0 Å². The molecule has 0 atom stereocenters. The molecule has 1 aromatic carbocycles. The quantitative estimate of drug-likeness (QED) is 0.654. The molecule has 7 heteroatoms. The molecule has 0 radical (unpaired) electrons. The zero-order chi connectivity index (χ0) is 22.5. The Morgan fingerprint density at radius 3 is 1.94 bits per heavy atom. The summed E-state index contributed by atoms with van der Waals surface area (Å²) in [4.78, 5) is 29.6. The number of nitrogens with zero attached hydrogens (tertiary/aromatic N) is 2. The second-order valence-electron chi connectivity index (χ2n) is 10.7. The number of amides is 2. The summed E-state index contributed by atoms with van der Waals surface area (Å²) in [6.45, 7) is 2.08. The zero-order valence-corrected chi connectivity index (χ0v) is 18.4. The van der Waals surface area contributed by atoms with Gasteiger partial charge in [0.25, 0.3) is 5.91 Å². The molecule has 1 saturated heterocycles. The molecule has 4 saturated carbocycles. The Labute approximate surface area is 187 Å². The van der Waals surface area contributed by atoms with E-state index in [4.69, 9.17) is 0 Å². The van der Waals surface area contributed by atoms with Gasteiger partial charge in [-0.15, -0.1) is 0 Å². The molecule has 4 bridgehead atoms. The van der Waals surface area contributed by atoms with E-state index in [1.165, 1.54) is 50.7 Å². The predicted octanol–water partition coefficient (Wildman–Crippen LogP) is 4.99. The fourth-order valence-corrected chi connectivity index (χ4v) is 7.29. The van der Waals surface area contributed by atoms with Crippen molar-refractivity contribution in [3.8, 4) is 0 Å². The largest absolute Gasteiger partial charge is 0.416 e. The summed E-state index contributed by atoms with van der Waals surface area (Å²) in [5, 5.41) is 0. The van der Waals surface area contributed by atoms with Gasteiger partial charge in [-0.1, -0.05) is 0 Å². The van der Waals surface area contributed by atoms with E-state index in [0.29, 0.717) is 39.0 Å². The van der Waals surface area contributed by atoms with E-state index in [-0.39, 0.29) is 22.8 Å². The van der Waals surface area contributed by atoms with Crippen LogP contribution in [0.5, 0.6) is 0 Å². The SMILES string of the molecule is O=C(CC12CC3CC(CC(C3)C1)C2)N1CCCN(C(=O)c2ccc(C(F)(F)F)cc2)CC1. The summed E-state index contributed by atoms with van der Waals surface area (Å²) in [6, 6.07) is 4.39. The smallest absolute Gasteiger partial charge is 0.341 e. The first-order chi connectivity index (χ1) is 15.2. The van der Waals surface area contributed by atoms with E-state index >= 15 is 0 Å². The van der Waals surface area contributed by atoms with Crippen LogP contribution in [0.1, 0.15) is 67.3 Å². The van der Waals surface area contributed by atoms with Crippen LogP contribution >= 0.6 is 0 Å². The van der Waals surface area contributed by atoms with Gasteiger partial charge in [-0.3, -0.25) is 9.59 Å². The molecule has 5 fully saturated rings. The molecule has 0 N–H and O–H groups in total. The van der Waals surface area contributed by atoms with Crippen molar-refractivity contribution in [3.05, 3.63) is 35.4 Å². The Hall–Kier alpha value is -2.05. The lowest BCUT2D eigenvalue weighted by atomic mass is 9.49. The van der Waals surface area contributed by atoms with Gasteiger partial charge in [-0.05, 0) is 92.4 Å². The molecule has 2 amide bonds. The van der Waals surface area contributed by atoms with Gasteiger partial charge in [0.1, 0.15) is 0 Å². The third kappa shape index (κ3) is 4.27. The maximum Gasteiger partial charge on any atom is 0.416 e. The number of hydrogen-bond acceptors (Lipinski definition) is 2. The summed E-state index contributed by atoms with van der Waals surface area (Å²) in [5.41, 5.74) is -0.300. The number of alkyl halides is 3. The third-order valence-corrected chi connectivity index (χ3v) is 8.29. The molecule has 1 aromatic rings. The third-order valence-electron chi connectivity index (χ3n) is 8.29. The lowest BCUT2D eigenvalue weighted by molar-refractivity contribution is -0.139. The molecule has 32 heavy (non-hydrogen) atoms. The minimum absolute atomic E-state index is 0.202. The normalized spacial score (nSPS) is 32.2. The standard InChI is InChI=1S/C25H31F3N2O2/c26-25(27,28)21-4-2-20(3-5-21)23(32)30-7-1-6-29(8-9-30)22(31)16-24-13-17-10-18(14-24)12-19(11-17)15-24/h2-5,17-19H,1,6-16H2. The van der Waals surface area contributed by atoms with Crippen LogP contribution in [0.25, 0.3) is 0 Å². The monoisotopic (exact) mass is 448 g/mol. The van der Waals surface area contributed by atoms with Crippen LogP contribution in [-0.2, 0) is 11.0 Å². The van der Waals surface area contributed by atoms with Gasteiger partial charge in [0, 0.05) is 38.2 Å². The van der Waals surface area contributed by atoms with Crippen LogP contribution < -0.4 is 0 Å². The van der Waals surface area contributed by atoms with Crippen molar-refractivity contribution >= 4 is 11.8 Å².